The molecule has 1 N–H and O–H groups in total. The number of rotatable bonds is 9. The second-order valence-electron chi connectivity index (χ2n) is 11.1. The van der Waals surface area contributed by atoms with Gasteiger partial charge in [-0.1, -0.05) is 60.7 Å². The van der Waals surface area contributed by atoms with E-state index < -0.39 is 41.0 Å². The molecule has 5 rings (SSSR count). The highest BCUT2D eigenvalue weighted by Crippen LogP contribution is 2.37. The van der Waals surface area contributed by atoms with Crippen molar-refractivity contribution in [1.29, 1.82) is 0 Å². The van der Waals surface area contributed by atoms with Gasteiger partial charge in [-0.2, -0.15) is 26.3 Å². The number of carbonyl (C=O) groups excluding carboxylic acids is 1. The molecule has 0 bridgehead atoms. The first-order chi connectivity index (χ1) is 21.5. The Morgan fingerprint density at radius 1 is 0.844 bits per heavy atom. The summed E-state index contributed by atoms with van der Waals surface area (Å²) in [4.78, 5) is 21.3. The largest absolute Gasteiger partial charge is 0.416 e. The smallest absolute Gasteiger partial charge is 0.333 e. The molecule has 4 aromatic rings. The van der Waals surface area contributed by atoms with Gasteiger partial charge in [-0.15, -0.1) is 0 Å². The lowest BCUT2D eigenvalue weighted by Crippen LogP contribution is -2.56. The van der Waals surface area contributed by atoms with Crippen molar-refractivity contribution in [2.24, 2.45) is 0 Å². The number of alkyl halides is 6. The van der Waals surface area contributed by atoms with Gasteiger partial charge in [0.25, 0.3) is 5.91 Å². The summed E-state index contributed by atoms with van der Waals surface area (Å²) >= 11 is 0. The summed E-state index contributed by atoms with van der Waals surface area (Å²) in [6.45, 7) is 2.84. The van der Waals surface area contributed by atoms with E-state index in [4.69, 9.17) is 0 Å². The zero-order chi connectivity index (χ0) is 32.0. The topological polar surface area (TPSA) is 48.5 Å². The van der Waals surface area contributed by atoms with E-state index in [1.165, 1.54) is 4.90 Å². The van der Waals surface area contributed by atoms with Gasteiger partial charge in [-0.25, -0.2) is 0 Å². The zero-order valence-corrected chi connectivity index (χ0v) is 24.3. The molecule has 1 saturated heterocycles. The van der Waals surface area contributed by atoms with Crippen LogP contribution in [0.5, 0.6) is 0 Å². The van der Waals surface area contributed by atoms with E-state index in [9.17, 15) is 31.1 Å². The third-order valence-corrected chi connectivity index (χ3v) is 7.79. The van der Waals surface area contributed by atoms with E-state index in [2.05, 4.69) is 15.2 Å². The van der Waals surface area contributed by atoms with Crippen LogP contribution in [-0.4, -0.2) is 59.5 Å². The Labute approximate surface area is 257 Å². The van der Waals surface area contributed by atoms with Crippen LogP contribution >= 0.6 is 0 Å². The third kappa shape index (κ3) is 8.49. The molecule has 0 spiro atoms. The van der Waals surface area contributed by atoms with Crippen molar-refractivity contribution >= 4 is 16.7 Å². The Morgan fingerprint density at radius 3 is 2.27 bits per heavy atom. The Kier molecular flexibility index (Phi) is 9.89. The number of hydrogen-bond acceptors (Lipinski definition) is 4. The summed E-state index contributed by atoms with van der Waals surface area (Å²) in [5.74, 6) is -0.854. The van der Waals surface area contributed by atoms with Crippen molar-refractivity contribution in [2.75, 3.05) is 32.7 Å². The van der Waals surface area contributed by atoms with Crippen molar-refractivity contribution in [1.82, 2.24) is 20.1 Å². The molecule has 0 unspecified atom stereocenters. The van der Waals surface area contributed by atoms with Gasteiger partial charge in [0.05, 0.1) is 11.1 Å². The predicted molar refractivity (Wildman–Crippen MR) is 160 cm³/mol. The lowest BCUT2D eigenvalue weighted by Gasteiger charge is -2.41. The number of amides is 1. The fraction of sp³-hybridized carbons (Fsp3) is 0.294. The molecule has 0 aliphatic carbocycles. The second kappa shape index (κ2) is 13.8. The number of nitrogens with zero attached hydrogens (tertiary/aromatic N) is 3. The Morgan fingerprint density at radius 2 is 1.58 bits per heavy atom. The molecule has 11 heteroatoms. The molecular formula is C34H32F6N4O. The van der Waals surface area contributed by atoms with Crippen LogP contribution in [0.2, 0.25) is 0 Å². The molecule has 236 valence electrons. The number of aromatic nitrogens is 1. The fourth-order valence-corrected chi connectivity index (χ4v) is 5.52. The first kappa shape index (κ1) is 32.2. The second-order valence-corrected chi connectivity index (χ2v) is 11.1. The van der Waals surface area contributed by atoms with Crippen molar-refractivity contribution in [3.05, 3.63) is 125 Å². The van der Waals surface area contributed by atoms with Gasteiger partial charge < -0.3 is 10.2 Å². The van der Waals surface area contributed by atoms with Gasteiger partial charge in [0.2, 0.25) is 0 Å². The van der Waals surface area contributed by atoms with Crippen molar-refractivity contribution in [2.45, 2.75) is 31.4 Å². The van der Waals surface area contributed by atoms with Crippen molar-refractivity contribution in [3.63, 3.8) is 0 Å². The van der Waals surface area contributed by atoms with E-state index in [0.29, 0.717) is 51.3 Å². The van der Waals surface area contributed by atoms with Crippen LogP contribution in [0.1, 0.15) is 32.6 Å². The number of piperazine rings is 1. The number of nitrogens with one attached hydrogen (secondary N) is 1. The lowest BCUT2D eigenvalue weighted by atomic mass is 9.97. The average molecular weight is 627 g/mol. The van der Waals surface area contributed by atoms with Crippen LogP contribution in [0.25, 0.3) is 10.8 Å². The first-order valence-corrected chi connectivity index (χ1v) is 14.5. The molecule has 45 heavy (non-hydrogen) atoms. The van der Waals surface area contributed by atoms with Gasteiger partial charge in [-0.3, -0.25) is 14.7 Å². The van der Waals surface area contributed by atoms with Gasteiger partial charge in [-0.05, 0) is 52.6 Å². The summed E-state index contributed by atoms with van der Waals surface area (Å²) in [6.07, 6.45) is -2.21. The summed E-state index contributed by atoms with van der Waals surface area (Å²) in [6, 6.07) is 18.1. The van der Waals surface area contributed by atoms with Crippen LogP contribution in [0, 0.1) is 0 Å². The molecule has 1 atom stereocenters. The van der Waals surface area contributed by atoms with Crippen LogP contribution < -0.4 is 5.32 Å². The Hall–Kier alpha value is -4.22. The minimum Gasteiger partial charge on any atom is -0.333 e. The number of hydrogen-bond donors (Lipinski definition) is 1. The molecule has 5 nitrogen and oxygen atoms in total. The summed E-state index contributed by atoms with van der Waals surface area (Å²) in [5, 5.41) is 5.34. The number of benzene rings is 3. The molecular weight excluding hydrogens is 594 g/mol. The number of halogens is 6. The molecule has 2 heterocycles. The predicted octanol–water partition coefficient (Wildman–Crippen LogP) is 6.99. The maximum atomic E-state index is 13.7. The van der Waals surface area contributed by atoms with Crippen molar-refractivity contribution in [3.8, 4) is 0 Å². The molecule has 3 aromatic carbocycles. The summed E-state index contributed by atoms with van der Waals surface area (Å²) in [5.41, 5.74) is -1.67. The average Bonchev–Trinajstić information content (AvgIpc) is 3.02. The standard InChI is InChI=1S/C34H32F6N4O/c35-33(36,37)29-18-28(19-30(20-29)34(38,39)40)32(45)44-15-14-43(13-4-3-11-41-21-25-6-5-12-42-22-25)23-31(44)17-24-9-10-26-7-1-2-8-27(26)16-24/h1-10,12,16,18-20,22,31,41H,11,13-15,17,21,23H2/t31-/m1/s1. The Balaban J connectivity index is 1.34. The zero-order valence-electron chi connectivity index (χ0n) is 24.3. The molecule has 1 amide bonds. The number of carbonyl (C=O) groups is 1. The summed E-state index contributed by atoms with van der Waals surface area (Å²) < 4.78 is 81.3. The monoisotopic (exact) mass is 626 g/mol. The van der Waals surface area contributed by atoms with Gasteiger partial charge in [0, 0.05) is 63.3 Å². The molecule has 1 fully saturated rings. The van der Waals surface area contributed by atoms with Gasteiger partial charge >= 0.3 is 12.4 Å². The van der Waals surface area contributed by atoms with Gasteiger partial charge in [0.1, 0.15) is 0 Å². The molecule has 1 aromatic heterocycles. The third-order valence-electron chi connectivity index (χ3n) is 7.79. The van der Waals surface area contributed by atoms with E-state index in [1.807, 2.05) is 66.7 Å². The quantitative estimate of drug-likeness (QED) is 0.124. The van der Waals surface area contributed by atoms with E-state index in [1.54, 1.807) is 12.4 Å². The maximum Gasteiger partial charge on any atom is 0.416 e. The first-order valence-electron chi connectivity index (χ1n) is 14.5. The van der Waals surface area contributed by atoms with Crippen LogP contribution in [0.3, 0.4) is 0 Å². The van der Waals surface area contributed by atoms with Crippen LogP contribution in [-0.2, 0) is 25.3 Å². The minimum absolute atomic E-state index is 0.0409. The van der Waals surface area contributed by atoms with Crippen molar-refractivity contribution < 1.29 is 31.1 Å². The number of pyridine rings is 1. The SMILES string of the molecule is O=C(c1cc(C(F)(F)F)cc(C(F)(F)F)c1)N1CCN(CC=CCNCc2cccnc2)C[C@H]1Cc1ccc2ccccc2c1. The van der Waals surface area contributed by atoms with E-state index >= 15 is 0 Å². The fourth-order valence-electron chi connectivity index (χ4n) is 5.52. The summed E-state index contributed by atoms with van der Waals surface area (Å²) in [7, 11) is 0. The Bertz CT molecular complexity index is 1610. The van der Waals surface area contributed by atoms with Crippen LogP contribution in [0.4, 0.5) is 26.3 Å². The lowest BCUT2D eigenvalue weighted by molar-refractivity contribution is -0.143. The van der Waals surface area contributed by atoms with Gasteiger partial charge in [0.15, 0.2) is 0 Å². The molecule has 1 aliphatic rings. The van der Waals surface area contributed by atoms with Crippen LogP contribution in [0.15, 0.2) is 97.3 Å². The highest BCUT2D eigenvalue weighted by Gasteiger charge is 2.39. The number of fused-ring (bicyclic) bond motifs is 1. The molecule has 0 saturated carbocycles. The minimum atomic E-state index is -5.04. The maximum absolute atomic E-state index is 13.7. The normalized spacial score (nSPS) is 16.5. The highest BCUT2D eigenvalue weighted by atomic mass is 19.4. The van der Waals surface area contributed by atoms with E-state index in [0.717, 1.165) is 21.9 Å². The van der Waals surface area contributed by atoms with E-state index in [-0.39, 0.29) is 12.6 Å². The highest BCUT2D eigenvalue weighted by molar-refractivity contribution is 5.95. The molecule has 0 radical (unpaired) electrons. The molecule has 1 aliphatic heterocycles.